The summed E-state index contributed by atoms with van der Waals surface area (Å²) in [5.74, 6) is 0. The summed E-state index contributed by atoms with van der Waals surface area (Å²) in [4.78, 5) is 3.98. The molecule has 1 unspecified atom stereocenters. The van der Waals surface area contributed by atoms with E-state index in [2.05, 4.69) is 48.4 Å². The van der Waals surface area contributed by atoms with Gasteiger partial charge in [0.05, 0.1) is 0 Å². The lowest BCUT2D eigenvalue weighted by Gasteiger charge is -2.15. The Morgan fingerprint density at radius 1 is 1.26 bits per heavy atom. The first kappa shape index (κ1) is 13.9. The number of benzene rings is 1. The van der Waals surface area contributed by atoms with E-state index in [1.165, 1.54) is 11.1 Å². The van der Waals surface area contributed by atoms with Crippen molar-refractivity contribution in [3.63, 3.8) is 0 Å². The molecule has 1 heterocycles. The van der Waals surface area contributed by atoms with Gasteiger partial charge in [0.2, 0.25) is 0 Å². The number of anilines is 1. The van der Waals surface area contributed by atoms with Gasteiger partial charge in [0.15, 0.2) is 0 Å². The van der Waals surface area contributed by atoms with E-state index < -0.39 is 0 Å². The van der Waals surface area contributed by atoms with Crippen molar-refractivity contribution >= 4 is 17.3 Å². The monoisotopic (exact) mass is 274 g/mol. The second kappa shape index (κ2) is 6.58. The van der Waals surface area contributed by atoms with E-state index in [0.29, 0.717) is 11.2 Å². The predicted octanol–water partition coefficient (Wildman–Crippen LogP) is 4.48. The molecular weight excluding hydrogens is 256 g/mol. The third kappa shape index (κ3) is 4.56. The number of rotatable bonds is 5. The minimum Gasteiger partial charge on any atom is -0.382 e. The maximum atomic E-state index is 5.87. The Labute approximate surface area is 119 Å². The molecule has 0 amide bonds. The highest BCUT2D eigenvalue weighted by Gasteiger charge is 2.03. The summed E-state index contributed by atoms with van der Waals surface area (Å²) >= 11 is 5.87. The molecule has 0 saturated carbocycles. The highest BCUT2D eigenvalue weighted by atomic mass is 35.5. The maximum absolute atomic E-state index is 5.87. The SMILES string of the molecule is Cc1cccc(CCC(C)Nc2ccnc(Cl)c2)c1. The van der Waals surface area contributed by atoms with Gasteiger partial charge in [0.25, 0.3) is 0 Å². The van der Waals surface area contributed by atoms with Gasteiger partial charge in [-0.2, -0.15) is 0 Å². The van der Waals surface area contributed by atoms with Crippen LogP contribution in [0.5, 0.6) is 0 Å². The average Bonchev–Trinajstić information content (AvgIpc) is 2.36. The standard InChI is InChI=1S/C16H19ClN2/c1-12-4-3-5-14(10-12)7-6-13(2)19-15-8-9-18-16(17)11-15/h3-5,8-11,13H,6-7H2,1-2H3,(H,18,19). The Morgan fingerprint density at radius 2 is 2.11 bits per heavy atom. The van der Waals surface area contributed by atoms with Crippen LogP contribution in [0.3, 0.4) is 0 Å². The molecular formula is C16H19ClN2. The lowest BCUT2D eigenvalue weighted by molar-refractivity contribution is 0.706. The molecule has 100 valence electrons. The first-order valence-electron chi connectivity index (χ1n) is 6.57. The molecule has 0 fully saturated rings. The van der Waals surface area contributed by atoms with Crippen LogP contribution in [0.4, 0.5) is 5.69 Å². The van der Waals surface area contributed by atoms with Crippen molar-refractivity contribution in [2.75, 3.05) is 5.32 Å². The summed E-state index contributed by atoms with van der Waals surface area (Å²) in [6, 6.07) is 12.9. The normalized spacial score (nSPS) is 12.2. The Bertz CT molecular complexity index is 540. The van der Waals surface area contributed by atoms with Gasteiger partial charge in [-0.25, -0.2) is 4.98 Å². The van der Waals surface area contributed by atoms with Gasteiger partial charge in [0, 0.05) is 17.9 Å². The topological polar surface area (TPSA) is 24.9 Å². The van der Waals surface area contributed by atoms with E-state index in [1.807, 2.05) is 12.1 Å². The molecule has 2 aromatic rings. The number of nitrogens with one attached hydrogen (secondary N) is 1. The third-order valence-corrected chi connectivity index (χ3v) is 3.29. The molecule has 0 spiro atoms. The molecule has 19 heavy (non-hydrogen) atoms. The summed E-state index contributed by atoms with van der Waals surface area (Å²) in [6.07, 6.45) is 3.88. The Hall–Kier alpha value is -1.54. The van der Waals surface area contributed by atoms with Crippen LogP contribution in [0.1, 0.15) is 24.5 Å². The molecule has 0 radical (unpaired) electrons. The smallest absolute Gasteiger partial charge is 0.131 e. The number of hydrogen-bond donors (Lipinski definition) is 1. The number of hydrogen-bond acceptors (Lipinski definition) is 2. The van der Waals surface area contributed by atoms with Crippen molar-refractivity contribution in [1.82, 2.24) is 4.98 Å². The van der Waals surface area contributed by atoms with E-state index in [9.17, 15) is 0 Å². The second-order valence-electron chi connectivity index (χ2n) is 4.94. The van der Waals surface area contributed by atoms with Crippen LogP contribution in [-0.4, -0.2) is 11.0 Å². The van der Waals surface area contributed by atoms with E-state index >= 15 is 0 Å². The van der Waals surface area contributed by atoms with E-state index in [-0.39, 0.29) is 0 Å². The predicted molar refractivity (Wildman–Crippen MR) is 81.8 cm³/mol. The van der Waals surface area contributed by atoms with Gasteiger partial charge in [-0.05, 0) is 44.4 Å². The van der Waals surface area contributed by atoms with Crippen molar-refractivity contribution in [3.8, 4) is 0 Å². The van der Waals surface area contributed by atoms with E-state index in [0.717, 1.165) is 18.5 Å². The highest BCUT2D eigenvalue weighted by molar-refractivity contribution is 6.29. The van der Waals surface area contributed by atoms with E-state index in [1.54, 1.807) is 6.20 Å². The van der Waals surface area contributed by atoms with Crippen LogP contribution in [0.25, 0.3) is 0 Å². The minimum absolute atomic E-state index is 0.402. The molecule has 3 heteroatoms. The van der Waals surface area contributed by atoms with Crippen LogP contribution < -0.4 is 5.32 Å². The van der Waals surface area contributed by atoms with Gasteiger partial charge in [-0.3, -0.25) is 0 Å². The van der Waals surface area contributed by atoms with Gasteiger partial charge in [-0.1, -0.05) is 41.4 Å². The number of nitrogens with zero attached hydrogens (tertiary/aromatic N) is 1. The molecule has 2 rings (SSSR count). The minimum atomic E-state index is 0.402. The lowest BCUT2D eigenvalue weighted by Crippen LogP contribution is -2.16. The van der Waals surface area contributed by atoms with Crippen LogP contribution in [0, 0.1) is 6.92 Å². The summed E-state index contributed by atoms with van der Waals surface area (Å²) in [7, 11) is 0. The van der Waals surface area contributed by atoms with Crippen molar-refractivity contribution < 1.29 is 0 Å². The van der Waals surface area contributed by atoms with Crippen LogP contribution >= 0.6 is 11.6 Å². The maximum Gasteiger partial charge on any atom is 0.131 e. The molecule has 0 bridgehead atoms. The van der Waals surface area contributed by atoms with Crippen molar-refractivity contribution in [2.45, 2.75) is 32.7 Å². The zero-order chi connectivity index (χ0) is 13.7. The lowest BCUT2D eigenvalue weighted by atomic mass is 10.0. The van der Waals surface area contributed by atoms with Gasteiger partial charge in [-0.15, -0.1) is 0 Å². The molecule has 2 nitrogen and oxygen atoms in total. The number of aromatic nitrogens is 1. The first-order valence-corrected chi connectivity index (χ1v) is 6.95. The molecule has 0 aliphatic carbocycles. The molecule has 1 N–H and O–H groups in total. The zero-order valence-electron chi connectivity index (χ0n) is 11.4. The zero-order valence-corrected chi connectivity index (χ0v) is 12.1. The first-order chi connectivity index (χ1) is 9.13. The molecule has 0 saturated heterocycles. The Kier molecular flexibility index (Phi) is 4.80. The van der Waals surface area contributed by atoms with Gasteiger partial charge in [0.1, 0.15) is 5.15 Å². The largest absolute Gasteiger partial charge is 0.382 e. The van der Waals surface area contributed by atoms with Crippen LogP contribution in [-0.2, 0) is 6.42 Å². The van der Waals surface area contributed by atoms with Crippen LogP contribution in [0.15, 0.2) is 42.6 Å². The molecule has 1 aromatic heterocycles. The fourth-order valence-corrected chi connectivity index (χ4v) is 2.27. The summed E-state index contributed by atoms with van der Waals surface area (Å²) < 4.78 is 0. The second-order valence-corrected chi connectivity index (χ2v) is 5.33. The van der Waals surface area contributed by atoms with Gasteiger partial charge >= 0.3 is 0 Å². The molecule has 0 aliphatic heterocycles. The van der Waals surface area contributed by atoms with Gasteiger partial charge < -0.3 is 5.32 Å². The number of halogens is 1. The fourth-order valence-electron chi connectivity index (χ4n) is 2.10. The van der Waals surface area contributed by atoms with Crippen molar-refractivity contribution in [1.29, 1.82) is 0 Å². The summed E-state index contributed by atoms with van der Waals surface area (Å²) in [5.41, 5.74) is 3.73. The number of aryl methyl sites for hydroxylation is 2. The summed E-state index contributed by atoms with van der Waals surface area (Å²) in [5, 5.41) is 3.97. The van der Waals surface area contributed by atoms with E-state index in [4.69, 9.17) is 11.6 Å². The third-order valence-electron chi connectivity index (χ3n) is 3.09. The highest BCUT2D eigenvalue weighted by Crippen LogP contribution is 2.15. The molecule has 1 atom stereocenters. The molecule has 0 aliphatic rings. The quantitative estimate of drug-likeness (QED) is 0.814. The fraction of sp³-hybridized carbons (Fsp3) is 0.312. The molecule has 1 aromatic carbocycles. The Balaban J connectivity index is 1.86. The Morgan fingerprint density at radius 3 is 2.84 bits per heavy atom. The van der Waals surface area contributed by atoms with Crippen LogP contribution in [0.2, 0.25) is 5.15 Å². The average molecular weight is 275 g/mol. The van der Waals surface area contributed by atoms with Crippen molar-refractivity contribution in [3.05, 3.63) is 58.9 Å². The van der Waals surface area contributed by atoms with Crippen molar-refractivity contribution in [2.24, 2.45) is 0 Å². The summed E-state index contributed by atoms with van der Waals surface area (Å²) in [6.45, 7) is 4.31. The number of pyridine rings is 1.